The van der Waals surface area contributed by atoms with Crippen LogP contribution in [0.2, 0.25) is 0 Å². The predicted octanol–water partition coefficient (Wildman–Crippen LogP) is 3.16. The first-order valence-corrected chi connectivity index (χ1v) is 10.9. The second kappa shape index (κ2) is 8.89. The zero-order valence-corrected chi connectivity index (χ0v) is 17.9. The molecule has 1 aromatic carbocycles. The standard InChI is InChI=1S/C22H24N2O5S/c1-3-28-16-8-7-15(14-17(16)29-4-2)24-21(25)19(18-6-5-13-30-18)20(22(24)26)23-9-11-27-12-10-23/h5-8,13-14H,3-4,9-12H2,1-2H3. The molecule has 0 N–H and O–H groups in total. The lowest BCUT2D eigenvalue weighted by Crippen LogP contribution is -2.40. The van der Waals surface area contributed by atoms with E-state index in [1.54, 1.807) is 18.2 Å². The van der Waals surface area contributed by atoms with Crippen molar-refractivity contribution < 1.29 is 23.8 Å². The molecule has 1 saturated heterocycles. The molecule has 0 spiro atoms. The summed E-state index contributed by atoms with van der Waals surface area (Å²) in [7, 11) is 0. The van der Waals surface area contributed by atoms with Crippen LogP contribution in [-0.2, 0) is 14.3 Å². The monoisotopic (exact) mass is 428 g/mol. The molecule has 0 unspecified atom stereocenters. The number of carbonyl (C=O) groups is 2. The lowest BCUT2D eigenvalue weighted by molar-refractivity contribution is -0.121. The zero-order chi connectivity index (χ0) is 21.1. The Labute approximate surface area is 179 Å². The van der Waals surface area contributed by atoms with E-state index in [4.69, 9.17) is 14.2 Å². The van der Waals surface area contributed by atoms with Gasteiger partial charge in [0.25, 0.3) is 11.8 Å². The summed E-state index contributed by atoms with van der Waals surface area (Å²) in [4.78, 5) is 30.9. The highest BCUT2D eigenvalue weighted by Gasteiger charge is 2.43. The van der Waals surface area contributed by atoms with E-state index in [1.165, 1.54) is 16.2 Å². The number of thiophene rings is 1. The number of morpholine rings is 1. The number of ether oxygens (including phenoxy) is 3. The van der Waals surface area contributed by atoms with Gasteiger partial charge in [0.15, 0.2) is 11.5 Å². The van der Waals surface area contributed by atoms with Crippen LogP contribution in [0, 0.1) is 0 Å². The number of hydrogen-bond acceptors (Lipinski definition) is 7. The average molecular weight is 429 g/mol. The second-order valence-electron chi connectivity index (χ2n) is 6.74. The maximum absolute atomic E-state index is 13.5. The quantitative estimate of drug-likeness (QED) is 0.631. The van der Waals surface area contributed by atoms with Gasteiger partial charge in [-0.05, 0) is 37.4 Å². The smallest absolute Gasteiger partial charge is 0.282 e. The fourth-order valence-electron chi connectivity index (χ4n) is 3.65. The van der Waals surface area contributed by atoms with E-state index in [2.05, 4.69) is 0 Å². The van der Waals surface area contributed by atoms with Crippen molar-refractivity contribution in [1.29, 1.82) is 0 Å². The SMILES string of the molecule is CCOc1ccc(N2C(=O)C(c3cccs3)=C(N3CCOCC3)C2=O)cc1OCC. The van der Waals surface area contributed by atoms with Crippen molar-refractivity contribution in [2.24, 2.45) is 0 Å². The molecule has 2 aliphatic rings. The molecule has 2 aromatic rings. The van der Waals surface area contributed by atoms with Gasteiger partial charge >= 0.3 is 0 Å². The van der Waals surface area contributed by atoms with Crippen LogP contribution >= 0.6 is 11.3 Å². The molecule has 0 aliphatic carbocycles. The van der Waals surface area contributed by atoms with E-state index in [9.17, 15) is 9.59 Å². The maximum Gasteiger partial charge on any atom is 0.282 e. The van der Waals surface area contributed by atoms with E-state index >= 15 is 0 Å². The third-order valence-corrected chi connectivity index (χ3v) is 5.83. The van der Waals surface area contributed by atoms with Gasteiger partial charge in [-0.2, -0.15) is 0 Å². The van der Waals surface area contributed by atoms with Crippen LogP contribution in [0.4, 0.5) is 5.69 Å². The van der Waals surface area contributed by atoms with E-state index in [1.807, 2.05) is 36.3 Å². The van der Waals surface area contributed by atoms with Gasteiger partial charge in [0.2, 0.25) is 0 Å². The first-order valence-electron chi connectivity index (χ1n) is 10.0. The molecule has 0 radical (unpaired) electrons. The molecule has 0 atom stereocenters. The van der Waals surface area contributed by atoms with Crippen molar-refractivity contribution in [2.75, 3.05) is 44.4 Å². The lowest BCUT2D eigenvalue weighted by atomic mass is 10.1. The number of imide groups is 1. The van der Waals surface area contributed by atoms with Crippen LogP contribution in [0.5, 0.6) is 11.5 Å². The number of anilines is 1. The molecular weight excluding hydrogens is 404 g/mol. The summed E-state index contributed by atoms with van der Waals surface area (Å²) in [6.45, 7) is 6.91. The number of amides is 2. The Balaban J connectivity index is 1.75. The molecule has 2 amide bonds. The van der Waals surface area contributed by atoms with Gasteiger partial charge in [0.05, 0.1) is 37.7 Å². The molecule has 3 heterocycles. The fraction of sp³-hybridized carbons (Fsp3) is 0.364. The Morgan fingerprint density at radius 3 is 2.40 bits per heavy atom. The van der Waals surface area contributed by atoms with Gasteiger partial charge in [-0.1, -0.05) is 6.07 Å². The summed E-state index contributed by atoms with van der Waals surface area (Å²) in [5.41, 5.74) is 1.36. The van der Waals surface area contributed by atoms with Crippen LogP contribution in [0.15, 0.2) is 41.4 Å². The number of nitrogens with zero attached hydrogens (tertiary/aromatic N) is 2. The number of hydrogen-bond donors (Lipinski definition) is 0. The van der Waals surface area contributed by atoms with Gasteiger partial charge < -0.3 is 19.1 Å². The van der Waals surface area contributed by atoms with Gasteiger partial charge in [-0.15, -0.1) is 11.3 Å². The topological polar surface area (TPSA) is 68.3 Å². The third-order valence-electron chi connectivity index (χ3n) is 4.94. The van der Waals surface area contributed by atoms with E-state index in [0.717, 1.165) is 4.88 Å². The molecule has 158 valence electrons. The van der Waals surface area contributed by atoms with Crippen molar-refractivity contribution in [1.82, 2.24) is 4.90 Å². The van der Waals surface area contributed by atoms with E-state index in [0.29, 0.717) is 68.0 Å². The van der Waals surface area contributed by atoms with Crippen LogP contribution < -0.4 is 14.4 Å². The van der Waals surface area contributed by atoms with Gasteiger partial charge in [-0.3, -0.25) is 9.59 Å². The summed E-state index contributed by atoms with van der Waals surface area (Å²) >= 11 is 1.45. The summed E-state index contributed by atoms with van der Waals surface area (Å²) in [5.74, 6) is 0.449. The number of rotatable bonds is 7. The van der Waals surface area contributed by atoms with Crippen molar-refractivity contribution in [3.8, 4) is 11.5 Å². The van der Waals surface area contributed by atoms with Crippen LogP contribution in [0.3, 0.4) is 0 Å². The molecule has 30 heavy (non-hydrogen) atoms. The summed E-state index contributed by atoms with van der Waals surface area (Å²) in [6, 6.07) is 8.91. The van der Waals surface area contributed by atoms with E-state index < -0.39 is 0 Å². The van der Waals surface area contributed by atoms with Gasteiger partial charge in [-0.25, -0.2) is 4.90 Å². The predicted molar refractivity (Wildman–Crippen MR) is 115 cm³/mol. The maximum atomic E-state index is 13.5. The number of benzene rings is 1. The van der Waals surface area contributed by atoms with Crippen molar-refractivity contribution in [3.63, 3.8) is 0 Å². The third kappa shape index (κ3) is 3.68. The van der Waals surface area contributed by atoms with Crippen molar-refractivity contribution >= 4 is 34.4 Å². The molecule has 7 nitrogen and oxygen atoms in total. The minimum Gasteiger partial charge on any atom is -0.490 e. The minimum atomic E-state index is -0.324. The Kier molecular flexibility index (Phi) is 6.06. The molecule has 8 heteroatoms. The first-order chi connectivity index (χ1) is 14.7. The lowest BCUT2D eigenvalue weighted by Gasteiger charge is -2.29. The minimum absolute atomic E-state index is 0.322. The molecule has 1 aromatic heterocycles. The summed E-state index contributed by atoms with van der Waals surface area (Å²) < 4.78 is 16.7. The fourth-order valence-corrected chi connectivity index (χ4v) is 4.42. The molecular formula is C22H24N2O5S. The molecule has 0 saturated carbocycles. The van der Waals surface area contributed by atoms with Crippen LogP contribution in [0.1, 0.15) is 18.7 Å². The molecule has 2 aliphatic heterocycles. The Morgan fingerprint density at radius 1 is 1.00 bits per heavy atom. The normalized spacial score (nSPS) is 17.1. The largest absolute Gasteiger partial charge is 0.490 e. The molecule has 0 bridgehead atoms. The zero-order valence-electron chi connectivity index (χ0n) is 17.1. The Hall–Kier alpha value is -2.84. The average Bonchev–Trinajstić information content (AvgIpc) is 3.36. The van der Waals surface area contributed by atoms with E-state index in [-0.39, 0.29) is 11.8 Å². The van der Waals surface area contributed by atoms with Crippen LogP contribution in [-0.4, -0.2) is 56.2 Å². The molecule has 1 fully saturated rings. The highest BCUT2D eigenvalue weighted by atomic mass is 32.1. The highest BCUT2D eigenvalue weighted by Crippen LogP contribution is 2.39. The van der Waals surface area contributed by atoms with Gasteiger partial charge in [0.1, 0.15) is 5.70 Å². The van der Waals surface area contributed by atoms with Gasteiger partial charge in [0, 0.05) is 24.0 Å². The van der Waals surface area contributed by atoms with Crippen molar-refractivity contribution in [2.45, 2.75) is 13.8 Å². The highest BCUT2D eigenvalue weighted by molar-refractivity contribution is 7.11. The van der Waals surface area contributed by atoms with Crippen molar-refractivity contribution in [3.05, 3.63) is 46.3 Å². The summed E-state index contributed by atoms with van der Waals surface area (Å²) in [6.07, 6.45) is 0. The first kappa shape index (κ1) is 20.4. The Bertz CT molecular complexity index is 964. The summed E-state index contributed by atoms with van der Waals surface area (Å²) in [5, 5.41) is 1.91. The Morgan fingerprint density at radius 2 is 1.73 bits per heavy atom. The number of carbonyl (C=O) groups excluding carboxylic acids is 2. The van der Waals surface area contributed by atoms with Crippen LogP contribution in [0.25, 0.3) is 5.57 Å². The second-order valence-corrected chi connectivity index (χ2v) is 7.69. The molecule has 4 rings (SSSR count).